The van der Waals surface area contributed by atoms with Crippen LogP contribution >= 0.6 is 11.6 Å². The minimum absolute atomic E-state index is 0.0661. The minimum atomic E-state index is -0.0661. The van der Waals surface area contributed by atoms with Gasteiger partial charge in [-0.15, -0.1) is 0 Å². The summed E-state index contributed by atoms with van der Waals surface area (Å²) >= 11 is 5.96. The van der Waals surface area contributed by atoms with Crippen molar-refractivity contribution in [3.05, 3.63) is 34.9 Å². The fourth-order valence-electron chi connectivity index (χ4n) is 3.63. The molecule has 0 spiro atoms. The monoisotopic (exact) mass is 365 g/mol. The maximum Gasteiger partial charge on any atom is 0.236 e. The molecular formula is C19H28ClN3O2. The third kappa shape index (κ3) is 4.94. The SMILES string of the molecule is CN1CCC(N(C)CC(=O)N2CCO[C@@H](c3ccc(Cl)cc3)C2)CC1. The Morgan fingerprint density at radius 2 is 1.92 bits per heavy atom. The van der Waals surface area contributed by atoms with Crippen molar-refractivity contribution in [2.45, 2.75) is 25.0 Å². The summed E-state index contributed by atoms with van der Waals surface area (Å²) in [5.74, 6) is 0.198. The highest BCUT2D eigenvalue weighted by Gasteiger charge is 2.28. The summed E-state index contributed by atoms with van der Waals surface area (Å²) in [7, 11) is 4.23. The van der Waals surface area contributed by atoms with Gasteiger partial charge < -0.3 is 14.5 Å². The lowest BCUT2D eigenvalue weighted by Crippen LogP contribution is -2.49. The molecule has 0 saturated carbocycles. The summed E-state index contributed by atoms with van der Waals surface area (Å²) in [6.45, 7) is 4.57. The zero-order valence-corrected chi connectivity index (χ0v) is 15.9. The van der Waals surface area contributed by atoms with Crippen LogP contribution in [0.1, 0.15) is 24.5 Å². The van der Waals surface area contributed by atoms with Crippen molar-refractivity contribution in [3.63, 3.8) is 0 Å². The van der Waals surface area contributed by atoms with Crippen molar-refractivity contribution >= 4 is 17.5 Å². The predicted molar refractivity (Wildman–Crippen MR) is 99.9 cm³/mol. The van der Waals surface area contributed by atoms with Crippen LogP contribution in [0.4, 0.5) is 0 Å². The normalized spacial score (nSPS) is 23.2. The van der Waals surface area contributed by atoms with Gasteiger partial charge in [-0.1, -0.05) is 23.7 Å². The van der Waals surface area contributed by atoms with Crippen molar-refractivity contribution in [3.8, 4) is 0 Å². The molecule has 2 aliphatic heterocycles. The van der Waals surface area contributed by atoms with E-state index < -0.39 is 0 Å². The first kappa shape index (κ1) is 18.6. The van der Waals surface area contributed by atoms with E-state index in [2.05, 4.69) is 23.9 Å². The first-order valence-electron chi connectivity index (χ1n) is 9.06. The number of benzene rings is 1. The largest absolute Gasteiger partial charge is 0.370 e. The molecule has 1 aromatic carbocycles. The van der Waals surface area contributed by atoms with Gasteiger partial charge in [0.1, 0.15) is 6.10 Å². The molecule has 1 atom stereocenters. The van der Waals surface area contributed by atoms with Gasteiger partial charge in [-0.25, -0.2) is 0 Å². The van der Waals surface area contributed by atoms with Crippen LogP contribution in [0.2, 0.25) is 5.02 Å². The van der Waals surface area contributed by atoms with Crippen molar-refractivity contribution in [1.29, 1.82) is 0 Å². The van der Waals surface area contributed by atoms with Gasteiger partial charge in [-0.2, -0.15) is 0 Å². The molecule has 0 unspecified atom stereocenters. The summed E-state index contributed by atoms with van der Waals surface area (Å²) in [6, 6.07) is 8.20. The van der Waals surface area contributed by atoms with E-state index in [0.717, 1.165) is 31.5 Å². The smallest absolute Gasteiger partial charge is 0.236 e. The Bertz CT molecular complexity index is 573. The molecule has 3 rings (SSSR count). The summed E-state index contributed by atoms with van der Waals surface area (Å²) in [6.07, 6.45) is 2.21. The molecular weight excluding hydrogens is 338 g/mol. The number of rotatable bonds is 4. The Morgan fingerprint density at radius 1 is 1.24 bits per heavy atom. The fourth-order valence-corrected chi connectivity index (χ4v) is 3.76. The van der Waals surface area contributed by atoms with E-state index in [-0.39, 0.29) is 12.0 Å². The van der Waals surface area contributed by atoms with Crippen LogP contribution in [0.25, 0.3) is 0 Å². The molecule has 0 N–H and O–H groups in total. The zero-order chi connectivity index (χ0) is 17.8. The molecule has 5 nitrogen and oxygen atoms in total. The molecule has 2 aliphatic rings. The first-order valence-corrected chi connectivity index (χ1v) is 9.44. The van der Waals surface area contributed by atoms with Gasteiger partial charge in [0.05, 0.1) is 19.7 Å². The van der Waals surface area contributed by atoms with Crippen molar-refractivity contribution in [1.82, 2.24) is 14.7 Å². The van der Waals surface area contributed by atoms with E-state index in [1.165, 1.54) is 0 Å². The van der Waals surface area contributed by atoms with Crippen LogP contribution in [-0.2, 0) is 9.53 Å². The molecule has 138 valence electrons. The Balaban J connectivity index is 1.53. The third-order valence-electron chi connectivity index (χ3n) is 5.36. The molecule has 1 aromatic rings. The van der Waals surface area contributed by atoms with Crippen LogP contribution in [0.15, 0.2) is 24.3 Å². The van der Waals surface area contributed by atoms with Crippen LogP contribution in [0.5, 0.6) is 0 Å². The average Bonchev–Trinajstić information content (AvgIpc) is 2.63. The summed E-state index contributed by atoms with van der Waals surface area (Å²) in [5, 5.41) is 0.715. The number of amides is 1. The highest BCUT2D eigenvalue weighted by atomic mass is 35.5. The van der Waals surface area contributed by atoms with Crippen molar-refractivity contribution < 1.29 is 9.53 Å². The van der Waals surface area contributed by atoms with Crippen LogP contribution in [-0.4, -0.2) is 80.1 Å². The van der Waals surface area contributed by atoms with Gasteiger partial charge >= 0.3 is 0 Å². The lowest BCUT2D eigenvalue weighted by molar-refractivity contribution is -0.140. The van der Waals surface area contributed by atoms with E-state index in [1.54, 1.807) is 0 Å². The van der Waals surface area contributed by atoms with Crippen LogP contribution in [0, 0.1) is 0 Å². The fraction of sp³-hybridized carbons (Fsp3) is 0.632. The standard InChI is InChI=1S/C19H28ClN3O2/c1-21-9-7-17(8-10-21)22(2)14-19(24)23-11-12-25-18(13-23)15-3-5-16(20)6-4-15/h3-6,17-18H,7-14H2,1-2H3/t18-/m1/s1. The number of hydrogen-bond acceptors (Lipinski definition) is 4. The predicted octanol–water partition coefficient (Wildman–Crippen LogP) is 2.27. The average molecular weight is 366 g/mol. The number of hydrogen-bond donors (Lipinski definition) is 0. The van der Waals surface area contributed by atoms with Crippen LogP contribution < -0.4 is 0 Å². The molecule has 0 aliphatic carbocycles. The minimum Gasteiger partial charge on any atom is -0.370 e. The van der Waals surface area contributed by atoms with Crippen molar-refractivity contribution in [2.24, 2.45) is 0 Å². The molecule has 0 bridgehead atoms. The van der Waals surface area contributed by atoms with Gasteiger partial charge in [0, 0.05) is 17.6 Å². The number of ether oxygens (including phenoxy) is 1. The van der Waals surface area contributed by atoms with Gasteiger partial charge in [-0.3, -0.25) is 9.69 Å². The Kier molecular flexibility index (Phi) is 6.34. The number of piperidine rings is 1. The number of likely N-dealkylation sites (N-methyl/N-ethyl adjacent to an activating group) is 1. The third-order valence-corrected chi connectivity index (χ3v) is 5.61. The number of morpholine rings is 1. The Labute approximate surface area is 155 Å². The quantitative estimate of drug-likeness (QED) is 0.820. The first-order chi connectivity index (χ1) is 12.0. The van der Waals surface area contributed by atoms with E-state index in [0.29, 0.717) is 37.3 Å². The van der Waals surface area contributed by atoms with E-state index in [4.69, 9.17) is 16.3 Å². The molecule has 6 heteroatoms. The molecule has 2 fully saturated rings. The van der Waals surface area contributed by atoms with E-state index in [1.807, 2.05) is 29.2 Å². The number of halogens is 1. The van der Waals surface area contributed by atoms with Crippen LogP contribution in [0.3, 0.4) is 0 Å². The second-order valence-electron chi connectivity index (χ2n) is 7.20. The second-order valence-corrected chi connectivity index (χ2v) is 7.64. The summed E-state index contributed by atoms with van der Waals surface area (Å²) < 4.78 is 5.86. The van der Waals surface area contributed by atoms with Crippen molar-refractivity contribution in [2.75, 3.05) is 53.4 Å². The highest BCUT2D eigenvalue weighted by molar-refractivity contribution is 6.30. The maximum atomic E-state index is 12.7. The van der Waals surface area contributed by atoms with E-state index >= 15 is 0 Å². The summed E-state index contributed by atoms with van der Waals surface area (Å²) in [4.78, 5) is 19.3. The molecule has 0 radical (unpaired) electrons. The second kappa shape index (κ2) is 8.49. The van der Waals surface area contributed by atoms with Gasteiger partial charge in [-0.05, 0) is 57.7 Å². The molecule has 25 heavy (non-hydrogen) atoms. The number of carbonyl (C=O) groups excluding carboxylic acids is 1. The lowest BCUT2D eigenvalue weighted by Gasteiger charge is -2.37. The van der Waals surface area contributed by atoms with Gasteiger partial charge in [0.25, 0.3) is 0 Å². The maximum absolute atomic E-state index is 12.7. The molecule has 0 aromatic heterocycles. The summed E-state index contributed by atoms with van der Waals surface area (Å²) in [5.41, 5.74) is 1.07. The van der Waals surface area contributed by atoms with E-state index in [9.17, 15) is 4.79 Å². The number of likely N-dealkylation sites (tertiary alicyclic amines) is 1. The topological polar surface area (TPSA) is 36.0 Å². The highest BCUT2D eigenvalue weighted by Crippen LogP contribution is 2.24. The number of carbonyl (C=O) groups is 1. The molecule has 2 saturated heterocycles. The Hall–Kier alpha value is -1.14. The Morgan fingerprint density at radius 3 is 2.60 bits per heavy atom. The van der Waals surface area contributed by atoms with Gasteiger partial charge in [0.15, 0.2) is 0 Å². The number of nitrogens with zero attached hydrogens (tertiary/aromatic N) is 3. The molecule has 1 amide bonds. The zero-order valence-electron chi connectivity index (χ0n) is 15.2. The lowest BCUT2D eigenvalue weighted by atomic mass is 10.0. The molecule has 2 heterocycles. The van der Waals surface area contributed by atoms with Gasteiger partial charge in [0.2, 0.25) is 5.91 Å².